The fraction of sp³-hybridized carbons (Fsp3) is 0.588. The molecule has 3 rings (SSSR count). The van der Waals surface area contributed by atoms with Crippen LogP contribution in [0.25, 0.3) is 0 Å². The maximum atomic E-state index is 11.8. The summed E-state index contributed by atoms with van der Waals surface area (Å²) in [6, 6.07) is 0. The van der Waals surface area contributed by atoms with Crippen molar-refractivity contribution in [2.75, 3.05) is 27.3 Å². The maximum absolute atomic E-state index is 11.8. The number of ether oxygens (including phenoxy) is 2. The number of nitrogens with zero attached hydrogens (tertiary/aromatic N) is 1. The smallest absolute Gasteiger partial charge is 0.330 e. The van der Waals surface area contributed by atoms with Gasteiger partial charge in [-0.15, -0.1) is 0 Å². The molecule has 2 heterocycles. The molecule has 2 aliphatic heterocycles. The van der Waals surface area contributed by atoms with Crippen LogP contribution in [-0.4, -0.2) is 49.8 Å². The van der Waals surface area contributed by atoms with Gasteiger partial charge in [0.05, 0.1) is 18.8 Å². The molecule has 0 radical (unpaired) electrons. The highest BCUT2D eigenvalue weighted by Crippen LogP contribution is 2.51. The molecule has 114 valence electrons. The first-order valence-electron chi connectivity index (χ1n) is 7.57. The fourth-order valence-electron chi connectivity index (χ4n) is 4.10. The normalized spacial score (nSPS) is 34.4. The SMILES string of the molecule is C=C1CCN2CCC3=CC[C@H](OC)C[C@@]32/C1=C/C(=O)OC. The second-order valence-electron chi connectivity index (χ2n) is 6.06. The number of esters is 1. The third kappa shape index (κ3) is 2.17. The molecular formula is C17H23NO3. The first kappa shape index (κ1) is 14.5. The molecular weight excluding hydrogens is 266 g/mol. The summed E-state index contributed by atoms with van der Waals surface area (Å²) in [6.07, 6.45) is 7.99. The predicted molar refractivity (Wildman–Crippen MR) is 80.9 cm³/mol. The molecule has 0 aromatic heterocycles. The van der Waals surface area contributed by atoms with E-state index in [0.717, 1.165) is 49.9 Å². The lowest BCUT2D eigenvalue weighted by Gasteiger charge is -2.49. The molecule has 4 nitrogen and oxygen atoms in total. The number of hydrogen-bond acceptors (Lipinski definition) is 4. The Bertz CT molecular complexity index is 534. The number of methoxy groups -OCH3 is 2. The second kappa shape index (κ2) is 5.43. The lowest BCUT2D eigenvalue weighted by molar-refractivity contribution is -0.135. The van der Waals surface area contributed by atoms with E-state index in [2.05, 4.69) is 17.6 Å². The van der Waals surface area contributed by atoms with Gasteiger partial charge in [-0.1, -0.05) is 12.7 Å². The average molecular weight is 289 g/mol. The van der Waals surface area contributed by atoms with E-state index in [4.69, 9.17) is 9.47 Å². The summed E-state index contributed by atoms with van der Waals surface area (Å²) in [5.74, 6) is -0.298. The van der Waals surface area contributed by atoms with Crippen molar-refractivity contribution >= 4 is 5.97 Å². The Labute approximate surface area is 126 Å². The summed E-state index contributed by atoms with van der Waals surface area (Å²) in [4.78, 5) is 14.3. The molecule has 2 fully saturated rings. The Morgan fingerprint density at radius 2 is 2.19 bits per heavy atom. The van der Waals surface area contributed by atoms with Crippen LogP contribution < -0.4 is 0 Å². The van der Waals surface area contributed by atoms with Gasteiger partial charge in [0.1, 0.15) is 0 Å². The van der Waals surface area contributed by atoms with E-state index in [0.29, 0.717) is 0 Å². The number of piperidine rings is 1. The van der Waals surface area contributed by atoms with Gasteiger partial charge in [-0.3, -0.25) is 4.90 Å². The van der Waals surface area contributed by atoms with E-state index >= 15 is 0 Å². The predicted octanol–water partition coefficient (Wildman–Crippen LogP) is 2.23. The zero-order chi connectivity index (χ0) is 15.0. The van der Waals surface area contributed by atoms with Crippen LogP contribution in [0, 0.1) is 0 Å². The summed E-state index contributed by atoms with van der Waals surface area (Å²) in [5, 5.41) is 0. The van der Waals surface area contributed by atoms with E-state index in [-0.39, 0.29) is 17.6 Å². The van der Waals surface area contributed by atoms with Crippen LogP contribution in [0.15, 0.2) is 35.5 Å². The second-order valence-corrected chi connectivity index (χ2v) is 6.06. The number of carbonyl (C=O) groups is 1. The van der Waals surface area contributed by atoms with Crippen molar-refractivity contribution in [3.8, 4) is 0 Å². The molecule has 3 aliphatic rings. The van der Waals surface area contributed by atoms with Gasteiger partial charge in [-0.2, -0.15) is 0 Å². The van der Waals surface area contributed by atoms with Gasteiger partial charge in [0.25, 0.3) is 0 Å². The summed E-state index contributed by atoms with van der Waals surface area (Å²) in [6.45, 7) is 6.26. The number of rotatable bonds is 2. The van der Waals surface area contributed by atoms with Crippen LogP contribution in [0.2, 0.25) is 0 Å². The van der Waals surface area contributed by atoms with Crippen LogP contribution in [0.1, 0.15) is 25.7 Å². The van der Waals surface area contributed by atoms with Crippen LogP contribution in [0.3, 0.4) is 0 Å². The molecule has 0 bridgehead atoms. The summed E-state index contributed by atoms with van der Waals surface area (Å²) in [7, 11) is 3.19. The van der Waals surface area contributed by atoms with Crippen molar-refractivity contribution in [3.05, 3.63) is 35.5 Å². The molecule has 0 unspecified atom stereocenters. The van der Waals surface area contributed by atoms with Crippen LogP contribution >= 0.6 is 0 Å². The van der Waals surface area contributed by atoms with E-state index in [1.807, 2.05) is 0 Å². The summed E-state index contributed by atoms with van der Waals surface area (Å²) < 4.78 is 10.5. The first-order chi connectivity index (χ1) is 10.1. The molecule has 2 saturated heterocycles. The van der Waals surface area contributed by atoms with Crippen molar-refractivity contribution in [3.63, 3.8) is 0 Å². The average Bonchev–Trinajstić information content (AvgIpc) is 2.88. The molecule has 0 saturated carbocycles. The Balaban J connectivity index is 2.10. The molecule has 0 amide bonds. The maximum Gasteiger partial charge on any atom is 0.330 e. The number of carbonyl (C=O) groups excluding carboxylic acids is 1. The lowest BCUT2D eigenvalue weighted by atomic mass is 9.69. The molecule has 0 aromatic carbocycles. The van der Waals surface area contributed by atoms with Gasteiger partial charge in [0.15, 0.2) is 0 Å². The minimum atomic E-state index is -0.298. The van der Waals surface area contributed by atoms with E-state index in [1.165, 1.54) is 12.7 Å². The third-order valence-corrected chi connectivity index (χ3v) is 5.18. The van der Waals surface area contributed by atoms with Gasteiger partial charge < -0.3 is 9.47 Å². The third-order valence-electron chi connectivity index (χ3n) is 5.18. The van der Waals surface area contributed by atoms with Crippen molar-refractivity contribution < 1.29 is 14.3 Å². The summed E-state index contributed by atoms with van der Waals surface area (Å²) >= 11 is 0. The van der Waals surface area contributed by atoms with Gasteiger partial charge in [0.2, 0.25) is 0 Å². The minimum Gasteiger partial charge on any atom is -0.466 e. The quantitative estimate of drug-likeness (QED) is 0.444. The largest absolute Gasteiger partial charge is 0.466 e. The minimum absolute atomic E-state index is 0.192. The van der Waals surface area contributed by atoms with Crippen LogP contribution in [0.5, 0.6) is 0 Å². The summed E-state index contributed by atoms with van der Waals surface area (Å²) in [5.41, 5.74) is 3.32. The lowest BCUT2D eigenvalue weighted by Crippen LogP contribution is -2.54. The van der Waals surface area contributed by atoms with E-state index in [9.17, 15) is 4.79 Å². The molecule has 21 heavy (non-hydrogen) atoms. The van der Waals surface area contributed by atoms with Crippen molar-refractivity contribution in [2.24, 2.45) is 0 Å². The monoisotopic (exact) mass is 289 g/mol. The van der Waals surface area contributed by atoms with Gasteiger partial charge in [-0.05, 0) is 36.0 Å². The van der Waals surface area contributed by atoms with Gasteiger partial charge >= 0.3 is 5.97 Å². The molecule has 0 N–H and O–H groups in total. The number of hydrogen-bond donors (Lipinski definition) is 0. The molecule has 0 aromatic rings. The molecule has 1 spiro atoms. The highest BCUT2D eigenvalue weighted by molar-refractivity contribution is 5.85. The Kier molecular flexibility index (Phi) is 3.76. The van der Waals surface area contributed by atoms with Crippen molar-refractivity contribution in [1.29, 1.82) is 0 Å². The molecule has 2 atom stereocenters. The molecule has 1 aliphatic carbocycles. The van der Waals surface area contributed by atoms with Crippen molar-refractivity contribution in [2.45, 2.75) is 37.3 Å². The zero-order valence-electron chi connectivity index (χ0n) is 12.9. The van der Waals surface area contributed by atoms with Gasteiger partial charge in [-0.25, -0.2) is 4.79 Å². The zero-order valence-corrected chi connectivity index (χ0v) is 12.9. The highest BCUT2D eigenvalue weighted by atomic mass is 16.5. The Morgan fingerprint density at radius 1 is 1.43 bits per heavy atom. The Hall–Kier alpha value is -1.39. The Morgan fingerprint density at radius 3 is 2.90 bits per heavy atom. The topological polar surface area (TPSA) is 38.8 Å². The molecule has 4 heteroatoms. The van der Waals surface area contributed by atoms with E-state index < -0.39 is 0 Å². The standard InChI is InChI=1S/C17H23NO3/c1-12-6-8-18-9-7-13-4-5-14(20-2)11-17(13,18)15(12)10-16(19)21-3/h4,10,14H,1,5-9,11H2,2-3H3/b15-10+/t14-,17-/m0/s1. The fourth-order valence-corrected chi connectivity index (χ4v) is 4.10. The van der Waals surface area contributed by atoms with Crippen molar-refractivity contribution in [1.82, 2.24) is 4.90 Å². The highest BCUT2D eigenvalue weighted by Gasteiger charge is 2.52. The van der Waals surface area contributed by atoms with Gasteiger partial charge in [0, 0.05) is 32.7 Å². The first-order valence-corrected chi connectivity index (χ1v) is 7.57. The van der Waals surface area contributed by atoms with E-state index in [1.54, 1.807) is 13.2 Å². The van der Waals surface area contributed by atoms with Crippen LogP contribution in [0.4, 0.5) is 0 Å². The van der Waals surface area contributed by atoms with Crippen LogP contribution in [-0.2, 0) is 14.3 Å².